The van der Waals surface area contributed by atoms with Crippen molar-refractivity contribution in [1.29, 1.82) is 0 Å². The molecule has 1 aliphatic rings. The zero-order valence-electron chi connectivity index (χ0n) is 23.9. The van der Waals surface area contributed by atoms with E-state index in [4.69, 9.17) is 0 Å². The minimum absolute atomic E-state index is 0.00359. The highest BCUT2D eigenvalue weighted by Gasteiger charge is 2.39. The molecule has 0 N–H and O–H groups in total. The predicted octanol–water partition coefficient (Wildman–Crippen LogP) is 8.00. The number of piperazine rings is 1. The fourth-order valence-electron chi connectivity index (χ4n) is 5.32. The summed E-state index contributed by atoms with van der Waals surface area (Å²) in [7, 11) is 0. The van der Waals surface area contributed by atoms with Gasteiger partial charge >= 0.3 is 12.4 Å². The molecule has 232 valence electrons. The molecule has 0 aliphatic carbocycles. The molecule has 4 nitrogen and oxygen atoms in total. The van der Waals surface area contributed by atoms with Gasteiger partial charge in [-0.05, 0) is 52.9 Å². The Kier molecular flexibility index (Phi) is 9.13. The van der Waals surface area contributed by atoms with Crippen molar-refractivity contribution < 1.29 is 35.9 Å². The van der Waals surface area contributed by atoms with Gasteiger partial charge in [-0.2, -0.15) is 26.3 Å². The molecule has 45 heavy (non-hydrogen) atoms. The molecule has 0 aromatic heterocycles. The first-order valence-electron chi connectivity index (χ1n) is 14.2. The lowest BCUT2D eigenvalue weighted by Gasteiger charge is -2.41. The van der Waals surface area contributed by atoms with E-state index in [1.807, 2.05) is 54.6 Å². The van der Waals surface area contributed by atoms with Gasteiger partial charge in [-0.15, -0.1) is 0 Å². The lowest BCUT2D eigenvalue weighted by Crippen LogP contribution is -2.57. The molecule has 0 bridgehead atoms. The second-order valence-corrected chi connectivity index (χ2v) is 10.7. The largest absolute Gasteiger partial charge is 0.416 e. The number of carbonyl (C=O) groups excluding carboxylic acids is 2. The van der Waals surface area contributed by atoms with Crippen molar-refractivity contribution in [1.82, 2.24) is 9.80 Å². The normalized spacial score (nSPS) is 15.8. The molecule has 4 aromatic carbocycles. The molecule has 0 saturated carbocycles. The molecule has 1 aliphatic heterocycles. The summed E-state index contributed by atoms with van der Waals surface area (Å²) in [5.41, 5.74) is -0.167. The number of halogens is 6. The zero-order chi connectivity index (χ0) is 32.2. The van der Waals surface area contributed by atoms with Crippen molar-refractivity contribution in [2.45, 2.75) is 24.8 Å². The zero-order valence-corrected chi connectivity index (χ0v) is 23.9. The van der Waals surface area contributed by atoms with Crippen molar-refractivity contribution in [3.05, 3.63) is 137 Å². The van der Waals surface area contributed by atoms with Crippen LogP contribution in [0.3, 0.4) is 0 Å². The topological polar surface area (TPSA) is 40.6 Å². The monoisotopic (exact) mass is 622 g/mol. The van der Waals surface area contributed by atoms with Crippen LogP contribution in [0.25, 0.3) is 17.2 Å². The van der Waals surface area contributed by atoms with Crippen molar-refractivity contribution >= 4 is 17.9 Å². The van der Waals surface area contributed by atoms with Crippen LogP contribution in [-0.2, 0) is 23.6 Å². The number of carbonyl (C=O) groups is 2. The highest BCUT2D eigenvalue weighted by molar-refractivity contribution is 5.96. The van der Waals surface area contributed by atoms with Gasteiger partial charge in [0.05, 0.1) is 17.2 Å². The van der Waals surface area contributed by atoms with Gasteiger partial charge in [0, 0.05) is 31.3 Å². The molecular formula is C35H28F6N2O2. The summed E-state index contributed by atoms with van der Waals surface area (Å²) < 4.78 is 81.0. The van der Waals surface area contributed by atoms with Crippen LogP contribution in [0, 0.1) is 0 Å². The maximum absolute atomic E-state index is 13.5. The summed E-state index contributed by atoms with van der Waals surface area (Å²) in [6, 6.07) is 26.6. The van der Waals surface area contributed by atoms with E-state index in [1.54, 1.807) is 36.4 Å². The highest BCUT2D eigenvalue weighted by atomic mass is 19.4. The van der Waals surface area contributed by atoms with Gasteiger partial charge in [0.1, 0.15) is 0 Å². The fraction of sp³-hybridized carbons (Fsp3) is 0.200. The molecule has 4 aromatic rings. The third kappa shape index (κ3) is 7.81. The maximum Gasteiger partial charge on any atom is 0.416 e. The van der Waals surface area contributed by atoms with Crippen LogP contribution >= 0.6 is 0 Å². The van der Waals surface area contributed by atoms with E-state index in [-0.39, 0.29) is 38.0 Å². The van der Waals surface area contributed by atoms with E-state index in [0.717, 1.165) is 22.3 Å². The van der Waals surface area contributed by atoms with Gasteiger partial charge in [0.15, 0.2) is 0 Å². The number of alkyl halides is 6. The van der Waals surface area contributed by atoms with Gasteiger partial charge in [-0.3, -0.25) is 9.59 Å². The van der Waals surface area contributed by atoms with E-state index in [0.29, 0.717) is 12.1 Å². The first kappa shape index (κ1) is 31.6. The summed E-state index contributed by atoms with van der Waals surface area (Å²) in [4.78, 5) is 29.5. The van der Waals surface area contributed by atoms with Gasteiger partial charge in [0.25, 0.3) is 5.91 Å². The Balaban J connectivity index is 1.36. The Morgan fingerprint density at radius 1 is 0.711 bits per heavy atom. The average molecular weight is 623 g/mol. The minimum Gasteiger partial charge on any atom is -0.335 e. The summed E-state index contributed by atoms with van der Waals surface area (Å²) in [5, 5.41) is 0. The fourth-order valence-corrected chi connectivity index (χ4v) is 5.32. The molecule has 1 atom stereocenters. The summed E-state index contributed by atoms with van der Waals surface area (Å²) in [5.74, 6) is -1.29. The van der Waals surface area contributed by atoms with Crippen molar-refractivity contribution in [2.75, 3.05) is 19.6 Å². The predicted molar refractivity (Wildman–Crippen MR) is 159 cm³/mol. The number of nitrogens with zero attached hydrogens (tertiary/aromatic N) is 2. The van der Waals surface area contributed by atoms with E-state index < -0.39 is 41.0 Å². The van der Waals surface area contributed by atoms with Gasteiger partial charge < -0.3 is 9.80 Å². The first-order chi connectivity index (χ1) is 21.4. The molecule has 2 amide bonds. The Morgan fingerprint density at radius 3 is 1.84 bits per heavy atom. The van der Waals surface area contributed by atoms with Gasteiger partial charge in [0.2, 0.25) is 5.91 Å². The van der Waals surface area contributed by atoms with Gasteiger partial charge in [-0.25, -0.2) is 0 Å². The number of benzene rings is 4. The van der Waals surface area contributed by atoms with Crippen LogP contribution in [0.4, 0.5) is 26.3 Å². The van der Waals surface area contributed by atoms with Crippen LogP contribution in [0.2, 0.25) is 0 Å². The molecule has 0 unspecified atom stereocenters. The Morgan fingerprint density at radius 2 is 1.27 bits per heavy atom. The quantitative estimate of drug-likeness (QED) is 0.162. The molecule has 1 heterocycles. The minimum atomic E-state index is -5.08. The first-order valence-corrected chi connectivity index (χ1v) is 14.2. The maximum atomic E-state index is 13.5. The molecule has 1 saturated heterocycles. The van der Waals surface area contributed by atoms with Crippen LogP contribution in [0.5, 0.6) is 0 Å². The Bertz CT molecular complexity index is 1630. The molecule has 0 spiro atoms. The third-order valence-electron chi connectivity index (χ3n) is 7.64. The molecule has 0 radical (unpaired) electrons. The van der Waals surface area contributed by atoms with Gasteiger partial charge in [-0.1, -0.05) is 84.9 Å². The number of hydrogen-bond donors (Lipinski definition) is 0. The van der Waals surface area contributed by atoms with E-state index in [1.165, 1.54) is 15.9 Å². The van der Waals surface area contributed by atoms with Crippen LogP contribution in [0.15, 0.2) is 109 Å². The van der Waals surface area contributed by atoms with E-state index in [2.05, 4.69) is 0 Å². The second kappa shape index (κ2) is 13.0. The lowest BCUT2D eigenvalue weighted by atomic mass is 9.99. The van der Waals surface area contributed by atoms with Crippen molar-refractivity contribution in [2.24, 2.45) is 0 Å². The van der Waals surface area contributed by atoms with Crippen LogP contribution < -0.4 is 0 Å². The third-order valence-corrected chi connectivity index (χ3v) is 7.64. The standard InChI is InChI=1S/C35H28F6N2O2/c36-34(37,38)29-20-28(21-30(22-29)35(39,40)41)33(45)43-18-17-42(23-31(43)19-25-7-3-1-4-8-25)32(44)16-13-24-11-14-27(15-12-24)26-9-5-2-6-10-26/h1-16,20-22,31H,17-19,23H2/b16-13+/t31-/m1/s1. The SMILES string of the molecule is O=C(/C=C/c1ccc(-c2ccccc2)cc1)N1CCN(C(=O)c2cc(C(F)(F)F)cc(C(F)(F)F)c2)[C@H](Cc2ccccc2)C1. The molecular weight excluding hydrogens is 594 g/mol. The summed E-state index contributed by atoms with van der Waals surface area (Å²) in [6.45, 7) is 0.0271. The summed E-state index contributed by atoms with van der Waals surface area (Å²) >= 11 is 0. The number of rotatable bonds is 6. The molecule has 10 heteroatoms. The lowest BCUT2D eigenvalue weighted by molar-refractivity contribution is -0.143. The van der Waals surface area contributed by atoms with E-state index >= 15 is 0 Å². The second-order valence-electron chi connectivity index (χ2n) is 10.7. The smallest absolute Gasteiger partial charge is 0.335 e. The Labute approximate surface area is 256 Å². The number of hydrogen-bond acceptors (Lipinski definition) is 2. The van der Waals surface area contributed by atoms with Crippen LogP contribution in [-0.4, -0.2) is 47.3 Å². The van der Waals surface area contributed by atoms with Crippen molar-refractivity contribution in [3.8, 4) is 11.1 Å². The highest BCUT2D eigenvalue weighted by Crippen LogP contribution is 2.37. The number of amides is 2. The Hall–Kier alpha value is -4.86. The summed E-state index contributed by atoms with van der Waals surface area (Å²) in [6.07, 6.45) is -6.84. The van der Waals surface area contributed by atoms with E-state index in [9.17, 15) is 35.9 Å². The molecule has 5 rings (SSSR count). The van der Waals surface area contributed by atoms with Crippen LogP contribution in [0.1, 0.15) is 32.6 Å². The van der Waals surface area contributed by atoms with Crippen molar-refractivity contribution in [3.63, 3.8) is 0 Å². The average Bonchev–Trinajstić information content (AvgIpc) is 3.03. The molecule has 1 fully saturated rings.